The first-order chi connectivity index (χ1) is 16.5. The molecule has 0 N–H and O–H groups in total. The number of hydrogen-bond donors (Lipinski definition) is 0. The van der Waals surface area contributed by atoms with E-state index in [0.717, 1.165) is 10.5 Å². The molecule has 0 aliphatic rings. The van der Waals surface area contributed by atoms with Crippen molar-refractivity contribution in [1.29, 1.82) is 0 Å². The molecule has 0 aliphatic heterocycles. The summed E-state index contributed by atoms with van der Waals surface area (Å²) in [4.78, 5) is 1.12. The highest BCUT2D eigenvalue weighted by molar-refractivity contribution is 8.01. The van der Waals surface area contributed by atoms with Crippen molar-refractivity contribution in [3.05, 3.63) is 66.2 Å². The second-order valence-electron chi connectivity index (χ2n) is 12.5. The van der Waals surface area contributed by atoms with E-state index in [2.05, 4.69) is 92.0 Å². The van der Waals surface area contributed by atoms with Gasteiger partial charge in [-0.25, -0.2) is 0 Å². The molecule has 2 rings (SSSR count). The molecule has 2 aromatic rings. The SMILES string of the molecule is CC(C)(C)[Si](C)(C)O[C@@H](COCc1ccccc1)[C@@H](O[Si](C)(C)C(C)(C)C)C(Cl)Sc1ccccc1. The smallest absolute Gasteiger partial charge is 0.192 e. The van der Waals surface area contributed by atoms with Crippen LogP contribution in [0.15, 0.2) is 65.6 Å². The van der Waals surface area contributed by atoms with Crippen molar-refractivity contribution in [3.8, 4) is 0 Å². The first-order valence-corrected chi connectivity index (χ1v) is 20.0. The van der Waals surface area contributed by atoms with Crippen molar-refractivity contribution in [2.45, 2.75) is 106 Å². The van der Waals surface area contributed by atoms with Gasteiger partial charge in [-0.2, -0.15) is 0 Å². The van der Waals surface area contributed by atoms with E-state index in [0.29, 0.717) is 13.2 Å². The third kappa shape index (κ3) is 9.30. The minimum absolute atomic E-state index is 0.0473. The number of ether oxygens (including phenoxy) is 1. The van der Waals surface area contributed by atoms with Gasteiger partial charge >= 0.3 is 0 Å². The molecule has 36 heavy (non-hydrogen) atoms. The van der Waals surface area contributed by atoms with Crippen LogP contribution in [0, 0.1) is 0 Å². The monoisotopic (exact) mass is 566 g/mol. The molecular formula is C29H47ClO3SSi2. The number of halogens is 1. The van der Waals surface area contributed by atoms with E-state index < -0.39 is 16.6 Å². The Kier molecular flexibility index (Phi) is 11.4. The highest BCUT2D eigenvalue weighted by Gasteiger charge is 2.46. The molecule has 0 saturated carbocycles. The number of alkyl halides is 1. The quantitative estimate of drug-likeness (QED) is 0.145. The summed E-state index contributed by atoms with van der Waals surface area (Å²) in [5, 5.41) is 0.103. The second kappa shape index (κ2) is 13.0. The summed E-state index contributed by atoms with van der Waals surface area (Å²) in [6, 6.07) is 20.6. The number of benzene rings is 2. The van der Waals surface area contributed by atoms with E-state index >= 15 is 0 Å². The van der Waals surface area contributed by atoms with Crippen LogP contribution in [0.2, 0.25) is 36.3 Å². The average molecular weight is 567 g/mol. The molecule has 7 heteroatoms. The van der Waals surface area contributed by atoms with Gasteiger partial charge in [-0.05, 0) is 54.0 Å². The fourth-order valence-corrected chi connectivity index (χ4v) is 7.41. The van der Waals surface area contributed by atoms with Crippen molar-refractivity contribution < 1.29 is 13.6 Å². The van der Waals surface area contributed by atoms with Crippen molar-refractivity contribution in [2.24, 2.45) is 0 Å². The highest BCUT2D eigenvalue weighted by Crippen LogP contribution is 2.43. The maximum atomic E-state index is 7.21. The molecule has 0 radical (unpaired) electrons. The Morgan fingerprint density at radius 3 is 1.72 bits per heavy atom. The van der Waals surface area contributed by atoms with Crippen LogP contribution in [0.4, 0.5) is 0 Å². The van der Waals surface area contributed by atoms with E-state index in [1.165, 1.54) is 0 Å². The lowest BCUT2D eigenvalue weighted by Crippen LogP contribution is -2.55. The van der Waals surface area contributed by atoms with Crippen LogP contribution < -0.4 is 0 Å². The van der Waals surface area contributed by atoms with Crippen LogP contribution in [0.3, 0.4) is 0 Å². The van der Waals surface area contributed by atoms with Crippen LogP contribution in [-0.4, -0.2) is 40.2 Å². The Labute approximate surface area is 231 Å². The molecule has 0 spiro atoms. The Morgan fingerprint density at radius 2 is 1.22 bits per heavy atom. The fourth-order valence-electron chi connectivity index (χ4n) is 3.13. The molecule has 2 aromatic carbocycles. The van der Waals surface area contributed by atoms with Gasteiger partial charge in [0.15, 0.2) is 16.6 Å². The van der Waals surface area contributed by atoms with E-state index in [1.54, 1.807) is 11.8 Å². The third-order valence-electron chi connectivity index (χ3n) is 7.50. The molecule has 0 bridgehead atoms. The van der Waals surface area contributed by atoms with Gasteiger partial charge in [0.1, 0.15) is 4.71 Å². The Morgan fingerprint density at radius 1 is 0.750 bits per heavy atom. The van der Waals surface area contributed by atoms with Crippen molar-refractivity contribution >= 4 is 40.0 Å². The lowest BCUT2D eigenvalue weighted by Gasteiger charge is -2.46. The number of hydrogen-bond acceptors (Lipinski definition) is 4. The van der Waals surface area contributed by atoms with Crippen molar-refractivity contribution in [2.75, 3.05) is 6.61 Å². The predicted octanol–water partition coefficient (Wildman–Crippen LogP) is 9.34. The first-order valence-electron chi connectivity index (χ1n) is 12.9. The minimum Gasteiger partial charge on any atom is -0.409 e. The Hall–Kier alpha value is -0.606. The molecule has 0 amide bonds. The molecule has 3 atom stereocenters. The zero-order valence-electron chi connectivity index (χ0n) is 23.9. The van der Waals surface area contributed by atoms with Crippen LogP contribution >= 0.6 is 23.4 Å². The lowest BCUT2D eigenvalue weighted by molar-refractivity contribution is -0.0245. The summed E-state index contributed by atoms with van der Waals surface area (Å²) in [5.74, 6) is 0. The fraction of sp³-hybridized carbons (Fsp3) is 0.586. The van der Waals surface area contributed by atoms with Crippen LogP contribution in [0.25, 0.3) is 0 Å². The maximum Gasteiger partial charge on any atom is 0.192 e. The predicted molar refractivity (Wildman–Crippen MR) is 162 cm³/mol. The van der Waals surface area contributed by atoms with Crippen molar-refractivity contribution in [3.63, 3.8) is 0 Å². The summed E-state index contributed by atoms with van der Waals surface area (Å²) < 4.78 is 20.1. The Balaban J connectivity index is 2.39. The Bertz CT molecular complexity index is 912. The molecule has 3 nitrogen and oxygen atoms in total. The van der Waals surface area contributed by atoms with E-state index in [4.69, 9.17) is 25.2 Å². The highest BCUT2D eigenvalue weighted by atomic mass is 35.5. The summed E-state index contributed by atoms with van der Waals surface area (Å²) in [6.45, 7) is 23.7. The van der Waals surface area contributed by atoms with E-state index in [-0.39, 0.29) is 27.0 Å². The minimum atomic E-state index is -2.15. The van der Waals surface area contributed by atoms with Gasteiger partial charge in [0, 0.05) is 4.90 Å². The summed E-state index contributed by atoms with van der Waals surface area (Å²) in [5.41, 5.74) is 1.14. The van der Waals surface area contributed by atoms with Gasteiger partial charge in [-0.1, -0.05) is 90.1 Å². The molecule has 0 aromatic heterocycles. The first kappa shape index (κ1) is 31.6. The lowest BCUT2D eigenvalue weighted by atomic mass is 10.2. The van der Waals surface area contributed by atoms with Crippen LogP contribution in [0.1, 0.15) is 47.1 Å². The van der Waals surface area contributed by atoms with Gasteiger partial charge in [-0.15, -0.1) is 23.4 Å². The van der Waals surface area contributed by atoms with Gasteiger partial charge in [-0.3, -0.25) is 0 Å². The average Bonchev–Trinajstić information content (AvgIpc) is 2.76. The van der Waals surface area contributed by atoms with E-state index in [1.807, 2.05) is 36.4 Å². The van der Waals surface area contributed by atoms with Crippen molar-refractivity contribution in [1.82, 2.24) is 0 Å². The standard InChI is InChI=1S/C29H47ClO3SSi2/c1-28(2,3)35(7,8)32-25(22-31-21-23-17-13-11-14-18-23)26(33-36(9,10)29(4,5)6)27(30)34-24-19-15-12-16-20-24/h11-20,25-27H,21-22H2,1-10H3/t25-,26+,27?/m0/s1. The topological polar surface area (TPSA) is 27.7 Å². The molecule has 0 heterocycles. The second-order valence-corrected chi connectivity index (χ2v) is 24.0. The molecule has 0 aliphatic carbocycles. The number of thioether (sulfide) groups is 1. The van der Waals surface area contributed by atoms with Gasteiger partial charge in [0.05, 0.1) is 25.4 Å². The molecule has 1 unspecified atom stereocenters. The van der Waals surface area contributed by atoms with E-state index in [9.17, 15) is 0 Å². The molecule has 0 saturated heterocycles. The third-order valence-corrected chi connectivity index (χ3v) is 18.0. The maximum absolute atomic E-state index is 7.21. The van der Waals surface area contributed by atoms with Gasteiger partial charge in [0.2, 0.25) is 0 Å². The summed E-state index contributed by atoms with van der Waals surface area (Å²) in [6.07, 6.45) is -0.592. The zero-order chi connectivity index (χ0) is 27.2. The zero-order valence-corrected chi connectivity index (χ0v) is 27.5. The van der Waals surface area contributed by atoms with Crippen LogP contribution in [-0.2, 0) is 20.2 Å². The molecule has 0 fully saturated rings. The normalized spacial score (nSPS) is 16.0. The molecular weight excluding hydrogens is 520 g/mol. The van der Waals surface area contributed by atoms with Crippen LogP contribution in [0.5, 0.6) is 0 Å². The summed E-state index contributed by atoms with van der Waals surface area (Å²) in [7, 11) is -4.28. The largest absolute Gasteiger partial charge is 0.409 e. The van der Waals surface area contributed by atoms with Gasteiger partial charge in [0.25, 0.3) is 0 Å². The van der Waals surface area contributed by atoms with Gasteiger partial charge < -0.3 is 13.6 Å². The molecule has 202 valence electrons. The number of rotatable bonds is 12. The summed E-state index contributed by atoms with van der Waals surface area (Å²) >= 11 is 8.85.